The molecule has 7 rings (SSSR count). The second-order valence-electron chi connectivity index (χ2n) is 10.4. The van der Waals surface area contributed by atoms with E-state index in [9.17, 15) is 4.79 Å². The van der Waals surface area contributed by atoms with Gasteiger partial charge in [-0.1, -0.05) is 60.7 Å². The fraction of sp³-hybridized carbons (Fsp3) is 0.0541. The van der Waals surface area contributed by atoms with Gasteiger partial charge in [-0.2, -0.15) is 0 Å². The molecular formula is C37H27N3O3S. The SMILES string of the molecule is Cc1cccc(N=c2oc3ccc4ccccc4c3cc2C(=O)Nc2nc(-c3ccc(Oc4ccccc4)cc3)c(C)s2)c1. The van der Waals surface area contributed by atoms with E-state index in [2.05, 4.69) is 5.32 Å². The topological polar surface area (TPSA) is 76.7 Å². The zero-order valence-corrected chi connectivity index (χ0v) is 24.9. The number of carbonyl (C=O) groups is 1. The summed E-state index contributed by atoms with van der Waals surface area (Å²) in [6.45, 7) is 4.00. The first-order chi connectivity index (χ1) is 21.5. The molecule has 2 heterocycles. The quantitative estimate of drug-likeness (QED) is 0.195. The number of benzene rings is 5. The van der Waals surface area contributed by atoms with Gasteiger partial charge in [-0.15, -0.1) is 11.3 Å². The van der Waals surface area contributed by atoms with Crippen LogP contribution in [0.1, 0.15) is 20.8 Å². The minimum absolute atomic E-state index is 0.235. The third-order valence-corrected chi connectivity index (χ3v) is 8.14. The van der Waals surface area contributed by atoms with Gasteiger partial charge in [-0.3, -0.25) is 10.1 Å². The van der Waals surface area contributed by atoms with Crippen molar-refractivity contribution < 1.29 is 13.9 Å². The normalized spacial score (nSPS) is 11.6. The summed E-state index contributed by atoms with van der Waals surface area (Å²) >= 11 is 1.42. The monoisotopic (exact) mass is 593 g/mol. The Morgan fingerprint density at radius 2 is 1.57 bits per heavy atom. The van der Waals surface area contributed by atoms with Gasteiger partial charge in [0.15, 0.2) is 5.13 Å². The van der Waals surface area contributed by atoms with Crippen LogP contribution in [0.5, 0.6) is 11.5 Å². The summed E-state index contributed by atoms with van der Waals surface area (Å²) in [5.41, 5.74) is 4.71. The first kappa shape index (κ1) is 27.3. The van der Waals surface area contributed by atoms with Crippen molar-refractivity contribution in [2.45, 2.75) is 13.8 Å². The largest absolute Gasteiger partial charge is 0.457 e. The average Bonchev–Trinajstić information content (AvgIpc) is 3.40. The number of fused-ring (bicyclic) bond motifs is 3. The third-order valence-electron chi connectivity index (χ3n) is 7.26. The standard InChI is InChI=1S/C37H27N3O3S/c1-23-9-8-11-27(21-23)38-36-32(22-31-30-14-7-6-10-25(30)17-20-33(31)43-36)35(41)40-37-39-34(24(2)44-37)26-15-18-29(19-16-26)42-28-12-4-3-5-13-28/h3-22H,1-2H3,(H,39,40,41). The molecule has 7 heteroatoms. The van der Waals surface area contributed by atoms with Crippen LogP contribution in [0.3, 0.4) is 0 Å². The number of hydrogen-bond acceptors (Lipinski definition) is 6. The summed E-state index contributed by atoms with van der Waals surface area (Å²) in [4.78, 5) is 24.4. The first-order valence-electron chi connectivity index (χ1n) is 14.2. The predicted octanol–water partition coefficient (Wildman–Crippen LogP) is 9.60. The summed E-state index contributed by atoms with van der Waals surface area (Å²) < 4.78 is 12.2. The van der Waals surface area contributed by atoms with Crippen molar-refractivity contribution in [3.05, 3.63) is 143 Å². The van der Waals surface area contributed by atoms with E-state index in [0.29, 0.717) is 22.0 Å². The van der Waals surface area contributed by atoms with E-state index in [0.717, 1.165) is 49.4 Å². The zero-order valence-electron chi connectivity index (χ0n) is 24.1. The van der Waals surface area contributed by atoms with Gasteiger partial charge in [0.1, 0.15) is 22.6 Å². The van der Waals surface area contributed by atoms with Crippen molar-refractivity contribution in [2.24, 2.45) is 4.99 Å². The van der Waals surface area contributed by atoms with E-state index in [1.165, 1.54) is 11.3 Å². The van der Waals surface area contributed by atoms with E-state index >= 15 is 0 Å². The number of aromatic nitrogens is 1. The number of ether oxygens (including phenoxy) is 1. The molecule has 2 aromatic heterocycles. The molecule has 1 amide bonds. The maximum atomic E-state index is 13.9. The lowest BCUT2D eigenvalue weighted by molar-refractivity contribution is 0.102. The number of nitrogens with one attached hydrogen (secondary N) is 1. The number of carbonyl (C=O) groups excluding carboxylic acids is 1. The molecule has 0 bridgehead atoms. The summed E-state index contributed by atoms with van der Waals surface area (Å²) in [5.74, 6) is 1.16. The van der Waals surface area contributed by atoms with E-state index in [4.69, 9.17) is 19.1 Å². The molecule has 7 aromatic rings. The van der Waals surface area contributed by atoms with Gasteiger partial charge in [0, 0.05) is 15.8 Å². The molecule has 0 aliphatic heterocycles. The Balaban J connectivity index is 1.23. The molecule has 0 radical (unpaired) electrons. The molecule has 0 aliphatic carbocycles. The molecule has 0 atom stereocenters. The lowest BCUT2D eigenvalue weighted by Gasteiger charge is -2.08. The smallest absolute Gasteiger partial charge is 0.262 e. The van der Waals surface area contributed by atoms with Crippen LogP contribution >= 0.6 is 11.3 Å². The molecular weight excluding hydrogens is 566 g/mol. The Kier molecular flexibility index (Phi) is 7.22. The number of para-hydroxylation sites is 1. The number of rotatable bonds is 6. The molecule has 0 unspecified atom stereocenters. The van der Waals surface area contributed by atoms with Crippen molar-refractivity contribution in [3.63, 3.8) is 0 Å². The molecule has 0 fully saturated rings. The molecule has 0 saturated carbocycles. The van der Waals surface area contributed by atoms with Crippen LogP contribution in [-0.4, -0.2) is 10.9 Å². The molecule has 0 aliphatic rings. The van der Waals surface area contributed by atoms with E-state index in [-0.39, 0.29) is 11.5 Å². The third kappa shape index (κ3) is 5.61. The van der Waals surface area contributed by atoms with Crippen LogP contribution < -0.4 is 15.6 Å². The molecule has 214 valence electrons. The van der Waals surface area contributed by atoms with Crippen LogP contribution in [0.4, 0.5) is 10.8 Å². The number of aryl methyl sites for hydroxylation is 2. The number of hydrogen-bond donors (Lipinski definition) is 1. The number of amides is 1. The van der Waals surface area contributed by atoms with E-state index < -0.39 is 0 Å². The van der Waals surface area contributed by atoms with E-state index in [1.807, 2.05) is 135 Å². The summed E-state index contributed by atoms with van der Waals surface area (Å²) in [7, 11) is 0. The fourth-order valence-electron chi connectivity index (χ4n) is 5.13. The fourth-order valence-corrected chi connectivity index (χ4v) is 5.96. The van der Waals surface area contributed by atoms with Crippen molar-refractivity contribution in [1.82, 2.24) is 4.98 Å². The summed E-state index contributed by atoms with van der Waals surface area (Å²) in [6.07, 6.45) is 0. The predicted molar refractivity (Wildman–Crippen MR) is 177 cm³/mol. The van der Waals surface area contributed by atoms with Gasteiger partial charge in [0.25, 0.3) is 5.91 Å². The Morgan fingerprint density at radius 1 is 0.795 bits per heavy atom. The van der Waals surface area contributed by atoms with Gasteiger partial charge in [0.2, 0.25) is 5.55 Å². The highest BCUT2D eigenvalue weighted by molar-refractivity contribution is 7.16. The second-order valence-corrected chi connectivity index (χ2v) is 11.6. The van der Waals surface area contributed by atoms with Crippen molar-refractivity contribution in [2.75, 3.05) is 5.32 Å². The molecule has 0 spiro atoms. The van der Waals surface area contributed by atoms with Gasteiger partial charge < -0.3 is 9.15 Å². The van der Waals surface area contributed by atoms with Crippen molar-refractivity contribution >= 4 is 49.8 Å². The maximum Gasteiger partial charge on any atom is 0.262 e. The van der Waals surface area contributed by atoms with Gasteiger partial charge in [-0.05, 0) is 90.8 Å². The van der Waals surface area contributed by atoms with Crippen LogP contribution in [0.25, 0.3) is 33.0 Å². The summed E-state index contributed by atoms with van der Waals surface area (Å²) in [6, 6.07) is 39.0. The van der Waals surface area contributed by atoms with Gasteiger partial charge in [-0.25, -0.2) is 9.98 Å². The van der Waals surface area contributed by atoms with Crippen LogP contribution in [0.2, 0.25) is 0 Å². The minimum Gasteiger partial charge on any atom is -0.457 e. The van der Waals surface area contributed by atoms with Gasteiger partial charge >= 0.3 is 0 Å². The van der Waals surface area contributed by atoms with Crippen molar-refractivity contribution in [3.8, 4) is 22.8 Å². The van der Waals surface area contributed by atoms with Gasteiger partial charge in [0.05, 0.1) is 11.4 Å². The summed E-state index contributed by atoms with van der Waals surface area (Å²) in [5, 5.41) is 6.40. The number of nitrogens with zero attached hydrogens (tertiary/aromatic N) is 2. The highest BCUT2D eigenvalue weighted by atomic mass is 32.1. The lowest BCUT2D eigenvalue weighted by atomic mass is 10.0. The van der Waals surface area contributed by atoms with Crippen LogP contribution in [0.15, 0.2) is 131 Å². The average molecular weight is 594 g/mol. The molecule has 44 heavy (non-hydrogen) atoms. The Morgan fingerprint density at radius 3 is 2.39 bits per heavy atom. The highest BCUT2D eigenvalue weighted by Gasteiger charge is 2.18. The molecule has 6 nitrogen and oxygen atoms in total. The molecule has 1 N–H and O–H groups in total. The number of anilines is 1. The molecule has 5 aromatic carbocycles. The lowest BCUT2D eigenvalue weighted by Crippen LogP contribution is -2.21. The Hall–Kier alpha value is -5.53. The molecule has 0 saturated heterocycles. The van der Waals surface area contributed by atoms with Crippen LogP contribution in [0, 0.1) is 13.8 Å². The van der Waals surface area contributed by atoms with Crippen LogP contribution in [-0.2, 0) is 0 Å². The Bertz CT molecular complexity index is 2220. The maximum absolute atomic E-state index is 13.9. The Labute approximate surface area is 258 Å². The zero-order chi connectivity index (χ0) is 30.0. The second kappa shape index (κ2) is 11.6. The minimum atomic E-state index is -0.345. The highest BCUT2D eigenvalue weighted by Crippen LogP contribution is 2.33. The number of thiazole rings is 1. The first-order valence-corrected chi connectivity index (χ1v) is 15.0. The van der Waals surface area contributed by atoms with Crippen molar-refractivity contribution in [1.29, 1.82) is 0 Å². The van der Waals surface area contributed by atoms with E-state index in [1.54, 1.807) is 0 Å².